The van der Waals surface area contributed by atoms with Crippen molar-refractivity contribution in [2.75, 3.05) is 13.6 Å². The molecule has 1 unspecified atom stereocenters. The van der Waals surface area contributed by atoms with Crippen LogP contribution in [0.2, 0.25) is 0 Å². The van der Waals surface area contributed by atoms with Crippen molar-refractivity contribution in [2.45, 2.75) is 12.5 Å². The van der Waals surface area contributed by atoms with Crippen LogP contribution in [0.3, 0.4) is 0 Å². The second-order valence-electron chi connectivity index (χ2n) is 4.97. The van der Waals surface area contributed by atoms with E-state index in [0.29, 0.717) is 0 Å². The van der Waals surface area contributed by atoms with Crippen molar-refractivity contribution in [1.29, 1.82) is 5.41 Å². The lowest BCUT2D eigenvalue weighted by Crippen LogP contribution is -2.32. The molecule has 0 fully saturated rings. The quantitative estimate of drug-likeness (QED) is 0.623. The van der Waals surface area contributed by atoms with E-state index >= 15 is 0 Å². The van der Waals surface area contributed by atoms with Gasteiger partial charge in [0, 0.05) is 25.5 Å². The summed E-state index contributed by atoms with van der Waals surface area (Å²) in [5, 5.41) is 7.80. The number of aromatic nitrogens is 1. The molecule has 2 rings (SSSR count). The van der Waals surface area contributed by atoms with Gasteiger partial charge in [-0.15, -0.1) is 0 Å². The number of hydrogen-bond acceptors (Lipinski definition) is 3. The summed E-state index contributed by atoms with van der Waals surface area (Å²) in [6, 6.07) is 14.0. The highest BCUT2D eigenvalue weighted by Crippen LogP contribution is 2.17. The number of likely N-dealkylation sites (N-methyl/N-ethyl adjacent to an activating group) is 1. The third-order valence-corrected chi connectivity index (χ3v) is 3.27. The maximum atomic E-state index is 7.80. The lowest BCUT2D eigenvalue weighted by molar-refractivity contribution is 0.322. The largest absolute Gasteiger partial charge is 0.387 e. The first-order chi connectivity index (χ1) is 9.66. The standard InChI is InChI=1S/C16H20N4/c1-20(11-13-7-9-19-10-8-13)12-15(16(17)18)14-5-3-2-4-6-14/h2-10,15H,11-12H2,1H3,(H3,17,18). The van der Waals surface area contributed by atoms with Gasteiger partial charge in [-0.3, -0.25) is 10.4 Å². The lowest BCUT2D eigenvalue weighted by atomic mass is 9.97. The molecule has 4 heteroatoms. The molecule has 104 valence electrons. The van der Waals surface area contributed by atoms with E-state index < -0.39 is 0 Å². The highest BCUT2D eigenvalue weighted by atomic mass is 15.1. The molecule has 0 bridgehead atoms. The van der Waals surface area contributed by atoms with Gasteiger partial charge < -0.3 is 10.6 Å². The van der Waals surface area contributed by atoms with Gasteiger partial charge in [0.05, 0.1) is 11.8 Å². The summed E-state index contributed by atoms with van der Waals surface area (Å²) < 4.78 is 0. The van der Waals surface area contributed by atoms with Crippen LogP contribution in [-0.2, 0) is 6.54 Å². The Labute approximate surface area is 119 Å². The first kappa shape index (κ1) is 14.2. The Morgan fingerprint density at radius 3 is 2.45 bits per heavy atom. The van der Waals surface area contributed by atoms with Crippen LogP contribution in [0.4, 0.5) is 0 Å². The Kier molecular flexibility index (Phi) is 4.85. The van der Waals surface area contributed by atoms with Gasteiger partial charge >= 0.3 is 0 Å². The lowest BCUT2D eigenvalue weighted by Gasteiger charge is -2.23. The summed E-state index contributed by atoms with van der Waals surface area (Å²) in [5.74, 6) is 0.140. The van der Waals surface area contributed by atoms with Gasteiger partial charge in [0.25, 0.3) is 0 Å². The number of rotatable bonds is 6. The predicted octanol–water partition coefficient (Wildman–Crippen LogP) is 2.23. The monoisotopic (exact) mass is 268 g/mol. The van der Waals surface area contributed by atoms with Gasteiger partial charge in [0.15, 0.2) is 0 Å². The predicted molar refractivity (Wildman–Crippen MR) is 81.7 cm³/mol. The minimum absolute atomic E-state index is 0.0666. The first-order valence-electron chi connectivity index (χ1n) is 6.63. The highest BCUT2D eigenvalue weighted by Gasteiger charge is 2.16. The molecule has 0 aliphatic rings. The molecule has 0 radical (unpaired) electrons. The van der Waals surface area contributed by atoms with Crippen LogP contribution in [0.5, 0.6) is 0 Å². The number of nitrogens with zero attached hydrogens (tertiary/aromatic N) is 2. The summed E-state index contributed by atoms with van der Waals surface area (Å²) in [6.07, 6.45) is 3.59. The van der Waals surface area contributed by atoms with E-state index in [2.05, 4.69) is 9.88 Å². The Balaban J connectivity index is 2.04. The maximum absolute atomic E-state index is 7.80. The SMILES string of the molecule is CN(Cc1ccncc1)CC(C(=N)N)c1ccccc1. The minimum Gasteiger partial charge on any atom is -0.387 e. The summed E-state index contributed by atoms with van der Waals surface area (Å²) >= 11 is 0. The third-order valence-electron chi connectivity index (χ3n) is 3.27. The molecule has 20 heavy (non-hydrogen) atoms. The van der Waals surface area contributed by atoms with E-state index in [9.17, 15) is 0 Å². The van der Waals surface area contributed by atoms with Crippen LogP contribution in [0.15, 0.2) is 54.9 Å². The van der Waals surface area contributed by atoms with E-state index in [4.69, 9.17) is 11.1 Å². The zero-order chi connectivity index (χ0) is 14.4. The fourth-order valence-electron chi connectivity index (χ4n) is 2.24. The zero-order valence-corrected chi connectivity index (χ0v) is 11.7. The van der Waals surface area contributed by atoms with E-state index in [0.717, 1.165) is 18.7 Å². The Hall–Kier alpha value is -2.20. The molecular formula is C16H20N4. The van der Waals surface area contributed by atoms with Crippen LogP contribution in [0.1, 0.15) is 17.0 Å². The summed E-state index contributed by atoms with van der Waals surface area (Å²) in [6.45, 7) is 1.54. The summed E-state index contributed by atoms with van der Waals surface area (Å²) in [4.78, 5) is 6.19. The smallest absolute Gasteiger partial charge is 0.0995 e. The third kappa shape index (κ3) is 3.90. The molecule has 2 aromatic rings. The van der Waals surface area contributed by atoms with Crippen LogP contribution >= 0.6 is 0 Å². The van der Waals surface area contributed by atoms with E-state index in [1.165, 1.54) is 5.56 Å². The number of pyridine rings is 1. The van der Waals surface area contributed by atoms with Crippen molar-refractivity contribution in [1.82, 2.24) is 9.88 Å². The molecule has 3 N–H and O–H groups in total. The topological polar surface area (TPSA) is 66.0 Å². The van der Waals surface area contributed by atoms with Crippen molar-refractivity contribution < 1.29 is 0 Å². The normalized spacial score (nSPS) is 12.3. The minimum atomic E-state index is -0.0666. The molecule has 0 saturated heterocycles. The molecule has 0 aliphatic heterocycles. The van der Waals surface area contributed by atoms with Crippen molar-refractivity contribution >= 4 is 5.84 Å². The zero-order valence-electron chi connectivity index (χ0n) is 11.7. The van der Waals surface area contributed by atoms with Crippen LogP contribution < -0.4 is 5.73 Å². The summed E-state index contributed by atoms with van der Waals surface area (Å²) in [7, 11) is 2.04. The van der Waals surface area contributed by atoms with E-state index in [1.807, 2.05) is 49.5 Å². The van der Waals surface area contributed by atoms with Gasteiger partial charge in [-0.25, -0.2) is 0 Å². The molecule has 0 amide bonds. The Morgan fingerprint density at radius 1 is 1.20 bits per heavy atom. The molecule has 1 aromatic heterocycles. The average Bonchev–Trinajstić information content (AvgIpc) is 2.46. The van der Waals surface area contributed by atoms with Gasteiger partial charge in [-0.05, 0) is 30.3 Å². The second-order valence-corrected chi connectivity index (χ2v) is 4.97. The maximum Gasteiger partial charge on any atom is 0.0995 e. The molecule has 0 saturated carbocycles. The van der Waals surface area contributed by atoms with Crippen molar-refractivity contribution in [3.63, 3.8) is 0 Å². The number of amidine groups is 1. The average molecular weight is 268 g/mol. The van der Waals surface area contributed by atoms with Gasteiger partial charge in [-0.1, -0.05) is 30.3 Å². The number of nitrogens with one attached hydrogen (secondary N) is 1. The number of nitrogens with two attached hydrogens (primary N) is 1. The molecule has 0 aliphatic carbocycles. The molecule has 4 nitrogen and oxygen atoms in total. The summed E-state index contributed by atoms with van der Waals surface area (Å²) in [5.41, 5.74) is 8.05. The van der Waals surface area contributed by atoms with Crippen LogP contribution in [-0.4, -0.2) is 29.3 Å². The first-order valence-corrected chi connectivity index (χ1v) is 6.63. The number of hydrogen-bond donors (Lipinski definition) is 2. The Bertz CT molecular complexity index is 539. The molecular weight excluding hydrogens is 248 g/mol. The highest BCUT2D eigenvalue weighted by molar-refractivity contribution is 5.84. The van der Waals surface area contributed by atoms with Crippen LogP contribution in [0, 0.1) is 5.41 Å². The van der Waals surface area contributed by atoms with Gasteiger partial charge in [0.1, 0.15) is 0 Å². The second kappa shape index (κ2) is 6.82. The van der Waals surface area contributed by atoms with E-state index in [1.54, 1.807) is 12.4 Å². The van der Waals surface area contributed by atoms with E-state index in [-0.39, 0.29) is 11.8 Å². The van der Waals surface area contributed by atoms with Crippen molar-refractivity contribution in [3.05, 3.63) is 66.0 Å². The molecule has 1 atom stereocenters. The molecule has 1 heterocycles. The Morgan fingerprint density at radius 2 is 1.85 bits per heavy atom. The van der Waals surface area contributed by atoms with Crippen molar-refractivity contribution in [2.24, 2.45) is 5.73 Å². The fourth-order valence-corrected chi connectivity index (χ4v) is 2.24. The van der Waals surface area contributed by atoms with Crippen molar-refractivity contribution in [3.8, 4) is 0 Å². The molecule has 1 aromatic carbocycles. The van der Waals surface area contributed by atoms with Gasteiger partial charge in [0.2, 0.25) is 0 Å². The molecule has 0 spiro atoms. The fraction of sp³-hybridized carbons (Fsp3) is 0.250. The van der Waals surface area contributed by atoms with Gasteiger partial charge in [-0.2, -0.15) is 0 Å². The van der Waals surface area contributed by atoms with Crippen LogP contribution in [0.25, 0.3) is 0 Å². The number of benzene rings is 1.